The molecule has 23 heteroatoms. The maximum absolute atomic E-state index is 14.9. The Kier molecular flexibility index (Phi) is 21.7. The van der Waals surface area contributed by atoms with Crippen LogP contribution in [-0.2, 0) is 71.9 Å². The van der Waals surface area contributed by atoms with Gasteiger partial charge in [0, 0.05) is 39.7 Å². The number of carboxylic acid groups (broad SMARTS) is 1. The Morgan fingerprint density at radius 3 is 1.91 bits per heavy atom. The summed E-state index contributed by atoms with van der Waals surface area (Å²) in [5.74, 6) is -11.2. The topological polar surface area (TPSA) is 340 Å². The standard InChI is InChI=1S/C55H72N8O15/c1-8-30(4)45-55(77)78-31(5)46(61-48(70)38(23-25-44(68)69)57-49(71)40(56-32(6)64)26-34-14-18-36(65)19-15-34)52(74)59-41(27-35-16-20-37(66)21-17-35)50(72)58-39-22-24-43(67)63(53(39)75)47(29(2)3)54(76)62(7)42(51(73)60-45)28-33-12-10-9-11-13-33/h9-21,29-31,38-43,45-47,65-67H,8,22-28H2,1-7H3,(H,56,64)(H,57,71)(H,58,72)(H,59,74)(H,60,73)(H,61,70)(H,68,69)/t30-,31+,38-,39-,40-,41-,42-,43+,45-,46-,47-/m0/s1. The van der Waals surface area contributed by atoms with Gasteiger partial charge in [-0.15, -0.1) is 0 Å². The van der Waals surface area contributed by atoms with E-state index < -0.39 is 145 Å². The van der Waals surface area contributed by atoms with Crippen LogP contribution in [0.3, 0.4) is 0 Å². The third kappa shape index (κ3) is 16.5. The Balaban J connectivity index is 1.62. The minimum atomic E-state index is -1.96. The van der Waals surface area contributed by atoms with Crippen LogP contribution in [0.4, 0.5) is 0 Å². The molecule has 0 radical (unpaired) electrons. The first-order valence-corrected chi connectivity index (χ1v) is 26.0. The smallest absolute Gasteiger partial charge is 0.329 e. The van der Waals surface area contributed by atoms with Crippen molar-refractivity contribution >= 4 is 59.2 Å². The molecule has 2 fully saturated rings. The van der Waals surface area contributed by atoms with E-state index in [1.165, 1.54) is 62.5 Å². The van der Waals surface area contributed by atoms with Gasteiger partial charge < -0.3 is 66.9 Å². The average Bonchev–Trinajstić information content (AvgIpc) is 3.39. The van der Waals surface area contributed by atoms with E-state index in [9.17, 15) is 68.4 Å². The van der Waals surface area contributed by atoms with Crippen molar-refractivity contribution in [1.29, 1.82) is 0 Å². The van der Waals surface area contributed by atoms with Crippen LogP contribution >= 0.6 is 0 Å². The molecular formula is C55H72N8O15. The number of nitrogens with one attached hydrogen (secondary N) is 6. The lowest BCUT2D eigenvalue weighted by molar-refractivity contribution is -0.167. The lowest BCUT2D eigenvalue weighted by Gasteiger charge is -2.44. The number of fused-ring (bicyclic) bond motifs is 2. The number of phenolic OH excluding ortho intramolecular Hbond substituents is 2. The number of carbonyl (C=O) groups is 10. The molecule has 422 valence electrons. The number of aliphatic hydroxyl groups is 1. The van der Waals surface area contributed by atoms with E-state index in [4.69, 9.17) is 4.74 Å². The number of hydrogen-bond acceptors (Lipinski definition) is 14. The summed E-state index contributed by atoms with van der Waals surface area (Å²) in [5, 5.41) is 56.6. The highest BCUT2D eigenvalue weighted by molar-refractivity contribution is 5.99. The molecule has 10 N–H and O–H groups in total. The van der Waals surface area contributed by atoms with Gasteiger partial charge >= 0.3 is 11.9 Å². The fourth-order valence-corrected chi connectivity index (χ4v) is 9.33. The van der Waals surface area contributed by atoms with Gasteiger partial charge in [-0.2, -0.15) is 0 Å². The van der Waals surface area contributed by atoms with Crippen molar-refractivity contribution in [3.8, 4) is 11.5 Å². The summed E-state index contributed by atoms with van der Waals surface area (Å²) in [6.45, 7) is 9.08. The Bertz CT molecular complexity index is 2640. The third-order valence-electron chi connectivity index (χ3n) is 14.0. The molecule has 3 aromatic rings. The van der Waals surface area contributed by atoms with Gasteiger partial charge in [0.15, 0.2) is 0 Å². The lowest BCUT2D eigenvalue weighted by Crippen LogP contribution is -2.66. The van der Waals surface area contributed by atoms with Crippen LogP contribution in [0.25, 0.3) is 0 Å². The summed E-state index contributed by atoms with van der Waals surface area (Å²) in [4.78, 5) is 143. The van der Waals surface area contributed by atoms with Crippen LogP contribution in [0.2, 0.25) is 0 Å². The molecule has 11 atom stereocenters. The van der Waals surface area contributed by atoms with Crippen LogP contribution in [0, 0.1) is 11.8 Å². The van der Waals surface area contributed by atoms with Gasteiger partial charge in [-0.1, -0.05) is 88.7 Å². The largest absolute Gasteiger partial charge is 0.508 e. The Morgan fingerprint density at radius 2 is 1.33 bits per heavy atom. The van der Waals surface area contributed by atoms with Gasteiger partial charge in [0.2, 0.25) is 47.3 Å². The molecule has 8 amide bonds. The average molecular weight is 1090 g/mol. The quantitative estimate of drug-likeness (QED) is 0.0833. The molecule has 0 aromatic heterocycles. The third-order valence-corrected chi connectivity index (χ3v) is 14.0. The SMILES string of the molecule is CC[C@H](C)[C@@H]1NC(=O)[C@H](Cc2ccccc2)N(C)C(=O)[C@H](C(C)C)N2C(=O)[C@H](CC[C@H]2O)NC(=O)[C@H](Cc2ccc(O)cc2)NC(=O)[C@@H](NC(=O)[C@H](CCC(=O)O)NC(=O)[C@H](Cc2ccc(O)cc2)NC(C)=O)[C@@H](C)OC1=O. The Hall–Kier alpha value is -8.08. The number of phenols is 2. The fraction of sp³-hybridized carbons (Fsp3) is 0.491. The molecule has 0 aliphatic carbocycles. The first-order chi connectivity index (χ1) is 36.9. The van der Waals surface area contributed by atoms with Crippen molar-refractivity contribution in [3.05, 3.63) is 95.6 Å². The molecule has 2 heterocycles. The Morgan fingerprint density at radius 1 is 0.731 bits per heavy atom. The second kappa shape index (κ2) is 27.8. The van der Waals surface area contributed by atoms with Crippen molar-refractivity contribution in [2.24, 2.45) is 11.8 Å². The number of piperidine rings is 1. The van der Waals surface area contributed by atoms with E-state index >= 15 is 0 Å². The zero-order valence-electron chi connectivity index (χ0n) is 44.8. The number of esters is 1. The highest BCUT2D eigenvalue weighted by atomic mass is 16.5. The highest BCUT2D eigenvalue weighted by Crippen LogP contribution is 2.27. The molecule has 78 heavy (non-hydrogen) atoms. The zero-order chi connectivity index (χ0) is 57.5. The van der Waals surface area contributed by atoms with E-state index in [1.54, 1.807) is 58.0 Å². The van der Waals surface area contributed by atoms with Crippen LogP contribution in [-0.4, -0.2) is 157 Å². The second-order valence-corrected chi connectivity index (χ2v) is 20.3. The molecule has 23 nitrogen and oxygen atoms in total. The van der Waals surface area contributed by atoms with Crippen LogP contribution < -0.4 is 31.9 Å². The van der Waals surface area contributed by atoms with Gasteiger partial charge in [0.1, 0.15) is 72.2 Å². The number of rotatable bonds is 17. The predicted molar refractivity (Wildman–Crippen MR) is 280 cm³/mol. The van der Waals surface area contributed by atoms with Gasteiger partial charge in [-0.25, -0.2) is 4.79 Å². The number of cyclic esters (lactones) is 1. The van der Waals surface area contributed by atoms with Crippen LogP contribution in [0.15, 0.2) is 78.9 Å². The number of ether oxygens (including phenoxy) is 1. The molecule has 0 saturated carbocycles. The number of aliphatic hydroxyl groups excluding tert-OH is 1. The van der Waals surface area contributed by atoms with E-state index in [2.05, 4.69) is 31.9 Å². The van der Waals surface area contributed by atoms with Crippen LogP contribution in [0.5, 0.6) is 11.5 Å². The number of carbonyl (C=O) groups excluding carboxylic acids is 9. The maximum atomic E-state index is 14.9. The number of carboxylic acids is 1. The first kappa shape index (κ1) is 60.8. The summed E-state index contributed by atoms with van der Waals surface area (Å²) in [6.07, 6.45) is -4.88. The molecule has 2 aliphatic rings. The molecule has 0 unspecified atom stereocenters. The molecule has 5 rings (SSSR count). The normalized spacial score (nSPS) is 23.9. The maximum Gasteiger partial charge on any atom is 0.329 e. The molecular weight excluding hydrogens is 1010 g/mol. The number of aliphatic carboxylic acids is 1. The molecule has 0 spiro atoms. The van der Waals surface area contributed by atoms with Gasteiger partial charge in [0.25, 0.3) is 0 Å². The minimum absolute atomic E-state index is 0.0692. The second-order valence-electron chi connectivity index (χ2n) is 20.3. The Labute approximate surface area is 452 Å². The lowest BCUT2D eigenvalue weighted by atomic mass is 9.93. The monoisotopic (exact) mass is 1080 g/mol. The van der Waals surface area contributed by atoms with Crippen molar-refractivity contribution in [2.75, 3.05) is 7.05 Å². The zero-order valence-corrected chi connectivity index (χ0v) is 44.8. The number of amides is 8. The fourth-order valence-electron chi connectivity index (χ4n) is 9.33. The van der Waals surface area contributed by atoms with E-state index in [0.717, 1.165) is 16.7 Å². The number of likely N-dealkylation sites (N-methyl/N-ethyl adjacent to an activating group) is 1. The number of aromatic hydroxyl groups is 2. The minimum Gasteiger partial charge on any atom is -0.508 e. The van der Waals surface area contributed by atoms with Crippen molar-refractivity contribution in [2.45, 2.75) is 154 Å². The van der Waals surface area contributed by atoms with Crippen molar-refractivity contribution in [3.63, 3.8) is 0 Å². The summed E-state index contributed by atoms with van der Waals surface area (Å²) in [6, 6.07) is 7.83. The van der Waals surface area contributed by atoms with Crippen LogP contribution in [0.1, 0.15) is 90.3 Å². The predicted octanol–water partition coefficient (Wildman–Crippen LogP) is 0.703. The summed E-state index contributed by atoms with van der Waals surface area (Å²) in [5.41, 5.74) is 1.50. The van der Waals surface area contributed by atoms with E-state index in [1.807, 2.05) is 0 Å². The number of hydrogen-bond donors (Lipinski definition) is 10. The number of benzene rings is 3. The van der Waals surface area contributed by atoms with Gasteiger partial charge in [-0.05, 0) is 79.0 Å². The highest BCUT2D eigenvalue weighted by Gasteiger charge is 2.47. The summed E-state index contributed by atoms with van der Waals surface area (Å²) < 4.78 is 5.96. The molecule has 3 aromatic carbocycles. The van der Waals surface area contributed by atoms with E-state index in [0.29, 0.717) is 16.7 Å². The molecule has 2 aliphatic heterocycles. The van der Waals surface area contributed by atoms with E-state index in [-0.39, 0.29) is 50.0 Å². The summed E-state index contributed by atoms with van der Waals surface area (Å²) in [7, 11) is 1.37. The van der Waals surface area contributed by atoms with Gasteiger partial charge in [-0.3, -0.25) is 43.2 Å². The molecule has 2 saturated heterocycles. The van der Waals surface area contributed by atoms with Crippen molar-refractivity contribution in [1.82, 2.24) is 41.7 Å². The summed E-state index contributed by atoms with van der Waals surface area (Å²) >= 11 is 0. The van der Waals surface area contributed by atoms with Gasteiger partial charge in [0.05, 0.1) is 0 Å². The first-order valence-electron chi connectivity index (χ1n) is 26.0. The van der Waals surface area contributed by atoms with Crippen molar-refractivity contribution < 1.29 is 73.1 Å². The molecule has 2 bridgehead atoms. The number of nitrogens with zero attached hydrogens (tertiary/aromatic N) is 2.